The molecule has 3 atom stereocenters. The third kappa shape index (κ3) is 4.07. The van der Waals surface area contributed by atoms with Crippen LogP contribution in [0.25, 0.3) is 0 Å². The van der Waals surface area contributed by atoms with Crippen LogP contribution in [0.5, 0.6) is 0 Å². The Kier molecular flexibility index (Phi) is 6.12. The Balaban J connectivity index is 2.76. The predicted molar refractivity (Wildman–Crippen MR) is 74.4 cm³/mol. The number of nitrogens with zero attached hydrogens (tertiary/aromatic N) is 1. The average Bonchev–Trinajstić information content (AvgIpc) is 2.82. The van der Waals surface area contributed by atoms with Crippen molar-refractivity contribution in [1.29, 1.82) is 0 Å². The van der Waals surface area contributed by atoms with Crippen LogP contribution in [0.15, 0.2) is 16.8 Å². The lowest BCUT2D eigenvalue weighted by Gasteiger charge is -2.33. The Hall–Kier alpha value is -0.420. The minimum Gasteiger partial charge on any atom is -0.380 e. The largest absolute Gasteiger partial charge is 0.380 e. The molecule has 3 nitrogen and oxygen atoms in total. The fraction of sp³-hybridized carbons (Fsp3) is 0.692. The van der Waals surface area contributed by atoms with Gasteiger partial charge >= 0.3 is 0 Å². The number of hydrogen-bond acceptors (Lipinski definition) is 4. The highest BCUT2D eigenvalue weighted by molar-refractivity contribution is 7.07. The van der Waals surface area contributed by atoms with E-state index in [0.29, 0.717) is 0 Å². The van der Waals surface area contributed by atoms with E-state index < -0.39 is 0 Å². The summed E-state index contributed by atoms with van der Waals surface area (Å²) in [7, 11) is 3.87. The summed E-state index contributed by atoms with van der Waals surface area (Å²) in [6.07, 6.45) is 1.21. The summed E-state index contributed by atoms with van der Waals surface area (Å²) in [5.41, 5.74) is 7.56. The molecule has 0 spiro atoms. The Morgan fingerprint density at radius 3 is 2.71 bits per heavy atom. The third-order valence-electron chi connectivity index (χ3n) is 3.18. The van der Waals surface area contributed by atoms with Gasteiger partial charge in [0.15, 0.2) is 0 Å². The highest BCUT2D eigenvalue weighted by Crippen LogP contribution is 2.26. The molecule has 0 saturated heterocycles. The molecule has 1 aromatic heterocycles. The molecule has 0 aliphatic rings. The molecule has 0 saturated carbocycles. The second kappa shape index (κ2) is 7.11. The average molecular weight is 256 g/mol. The molecule has 0 bridgehead atoms. The van der Waals surface area contributed by atoms with Gasteiger partial charge in [-0.05, 0) is 42.8 Å². The van der Waals surface area contributed by atoms with Crippen LogP contribution in [-0.4, -0.2) is 37.7 Å². The topological polar surface area (TPSA) is 38.5 Å². The molecule has 0 aromatic carbocycles. The van der Waals surface area contributed by atoms with Crippen LogP contribution < -0.4 is 5.73 Å². The van der Waals surface area contributed by atoms with Crippen molar-refractivity contribution in [3.63, 3.8) is 0 Å². The maximum absolute atomic E-state index is 6.25. The molecule has 17 heavy (non-hydrogen) atoms. The van der Waals surface area contributed by atoms with Crippen molar-refractivity contribution in [3.05, 3.63) is 22.4 Å². The summed E-state index contributed by atoms with van der Waals surface area (Å²) in [5.74, 6) is 0. The molecule has 98 valence electrons. The Morgan fingerprint density at radius 2 is 2.24 bits per heavy atom. The van der Waals surface area contributed by atoms with Gasteiger partial charge in [-0.2, -0.15) is 11.3 Å². The minimum absolute atomic E-state index is 0.165. The number of hydrogen-bond donors (Lipinski definition) is 1. The van der Waals surface area contributed by atoms with Gasteiger partial charge in [0.1, 0.15) is 0 Å². The van der Waals surface area contributed by atoms with E-state index in [4.69, 9.17) is 10.5 Å². The van der Waals surface area contributed by atoms with Crippen molar-refractivity contribution in [1.82, 2.24) is 4.90 Å². The fourth-order valence-corrected chi connectivity index (χ4v) is 2.78. The van der Waals surface area contributed by atoms with Gasteiger partial charge in [-0.3, -0.25) is 4.90 Å². The Bertz CT molecular complexity index is 302. The number of rotatable bonds is 7. The predicted octanol–water partition coefficient (Wildman–Crippen LogP) is 2.49. The SMILES string of the molecule is CCC(N)C(c1ccsc1)N(C)CC(C)OC. The second-order valence-electron chi connectivity index (χ2n) is 4.56. The molecule has 1 heterocycles. The van der Waals surface area contributed by atoms with E-state index in [1.807, 2.05) is 0 Å². The number of nitrogens with two attached hydrogens (primary N) is 1. The van der Waals surface area contributed by atoms with Crippen molar-refractivity contribution in [2.75, 3.05) is 20.7 Å². The van der Waals surface area contributed by atoms with Gasteiger partial charge in [0.05, 0.1) is 12.1 Å². The van der Waals surface area contributed by atoms with Gasteiger partial charge in [-0.1, -0.05) is 6.92 Å². The fourth-order valence-electron chi connectivity index (χ4n) is 2.09. The summed E-state index contributed by atoms with van der Waals surface area (Å²) < 4.78 is 5.32. The lowest BCUT2D eigenvalue weighted by atomic mass is 9.99. The number of ether oxygens (including phenoxy) is 1. The number of methoxy groups -OCH3 is 1. The molecule has 0 radical (unpaired) electrons. The summed E-state index contributed by atoms with van der Waals surface area (Å²) >= 11 is 1.72. The van der Waals surface area contributed by atoms with Gasteiger partial charge in [-0.25, -0.2) is 0 Å². The summed E-state index contributed by atoms with van der Waals surface area (Å²) in [6, 6.07) is 2.61. The van der Waals surface area contributed by atoms with Crippen LogP contribution in [0.2, 0.25) is 0 Å². The summed E-state index contributed by atoms with van der Waals surface area (Å²) in [6.45, 7) is 5.11. The first kappa shape index (κ1) is 14.6. The molecule has 1 rings (SSSR count). The van der Waals surface area contributed by atoms with E-state index in [1.54, 1.807) is 18.4 Å². The van der Waals surface area contributed by atoms with Gasteiger partial charge < -0.3 is 10.5 Å². The zero-order valence-corrected chi connectivity index (χ0v) is 12.0. The van der Waals surface area contributed by atoms with E-state index >= 15 is 0 Å². The lowest BCUT2D eigenvalue weighted by molar-refractivity contribution is 0.0660. The van der Waals surface area contributed by atoms with Crippen LogP contribution >= 0.6 is 11.3 Å². The Morgan fingerprint density at radius 1 is 1.53 bits per heavy atom. The van der Waals surface area contributed by atoms with Crippen LogP contribution in [-0.2, 0) is 4.74 Å². The summed E-state index contributed by atoms with van der Waals surface area (Å²) in [5, 5.41) is 4.30. The summed E-state index contributed by atoms with van der Waals surface area (Å²) in [4.78, 5) is 2.30. The molecule has 0 amide bonds. The first-order valence-electron chi connectivity index (χ1n) is 6.10. The molecule has 0 fully saturated rings. The zero-order chi connectivity index (χ0) is 12.8. The maximum Gasteiger partial charge on any atom is 0.0670 e. The van der Waals surface area contributed by atoms with E-state index in [1.165, 1.54) is 5.56 Å². The van der Waals surface area contributed by atoms with Crippen molar-refractivity contribution < 1.29 is 4.74 Å². The first-order chi connectivity index (χ1) is 8.10. The number of thiophene rings is 1. The lowest BCUT2D eigenvalue weighted by Crippen LogP contribution is -2.41. The molecular weight excluding hydrogens is 232 g/mol. The highest BCUT2D eigenvalue weighted by Gasteiger charge is 2.24. The van der Waals surface area contributed by atoms with Crippen molar-refractivity contribution >= 4 is 11.3 Å². The highest BCUT2D eigenvalue weighted by atomic mass is 32.1. The quantitative estimate of drug-likeness (QED) is 0.814. The molecule has 4 heteroatoms. The van der Waals surface area contributed by atoms with Crippen LogP contribution in [0, 0.1) is 0 Å². The molecular formula is C13H24N2OS. The smallest absolute Gasteiger partial charge is 0.0670 e. The van der Waals surface area contributed by atoms with Crippen LogP contribution in [0.4, 0.5) is 0 Å². The standard InChI is InChI=1S/C13H24N2OS/c1-5-12(14)13(11-6-7-17-9-11)15(3)8-10(2)16-4/h6-7,9-10,12-13H,5,8,14H2,1-4H3. The van der Waals surface area contributed by atoms with Gasteiger partial charge in [0, 0.05) is 19.7 Å². The van der Waals surface area contributed by atoms with Gasteiger partial charge in [0.2, 0.25) is 0 Å². The van der Waals surface area contributed by atoms with Crippen molar-refractivity contribution in [3.8, 4) is 0 Å². The molecule has 0 aliphatic carbocycles. The van der Waals surface area contributed by atoms with E-state index in [-0.39, 0.29) is 18.2 Å². The third-order valence-corrected chi connectivity index (χ3v) is 3.89. The Labute approximate surface area is 109 Å². The van der Waals surface area contributed by atoms with Crippen molar-refractivity contribution in [2.24, 2.45) is 5.73 Å². The van der Waals surface area contributed by atoms with Gasteiger partial charge in [-0.15, -0.1) is 0 Å². The molecule has 0 aliphatic heterocycles. The monoisotopic (exact) mass is 256 g/mol. The van der Waals surface area contributed by atoms with Crippen LogP contribution in [0.1, 0.15) is 31.9 Å². The van der Waals surface area contributed by atoms with E-state index in [2.05, 4.69) is 42.6 Å². The van der Waals surface area contributed by atoms with Gasteiger partial charge in [0.25, 0.3) is 0 Å². The zero-order valence-electron chi connectivity index (χ0n) is 11.2. The van der Waals surface area contributed by atoms with Crippen LogP contribution in [0.3, 0.4) is 0 Å². The molecule has 2 N–H and O–H groups in total. The number of likely N-dealkylation sites (N-methyl/N-ethyl adjacent to an activating group) is 1. The van der Waals surface area contributed by atoms with E-state index in [9.17, 15) is 0 Å². The molecule has 3 unspecified atom stereocenters. The normalized spacial score (nSPS) is 17.1. The van der Waals surface area contributed by atoms with E-state index in [0.717, 1.165) is 13.0 Å². The minimum atomic E-state index is 0.165. The first-order valence-corrected chi connectivity index (χ1v) is 7.05. The maximum atomic E-state index is 6.25. The molecule has 1 aromatic rings. The van der Waals surface area contributed by atoms with Crippen molar-refractivity contribution in [2.45, 2.75) is 38.5 Å². The second-order valence-corrected chi connectivity index (χ2v) is 5.34.